The molecule has 9 heteroatoms. The van der Waals surface area contributed by atoms with Crippen molar-refractivity contribution in [2.75, 3.05) is 18.5 Å². The molecule has 0 bridgehead atoms. The molecular weight excluding hydrogens is 369 g/mol. The molecule has 1 unspecified atom stereocenters. The van der Waals surface area contributed by atoms with Crippen molar-refractivity contribution in [3.8, 4) is 0 Å². The van der Waals surface area contributed by atoms with Crippen molar-refractivity contribution in [3.63, 3.8) is 0 Å². The maximum Gasteiger partial charge on any atom is 0.357 e. The zero-order valence-electron chi connectivity index (χ0n) is 15.0. The van der Waals surface area contributed by atoms with Crippen LogP contribution >= 0.6 is 7.60 Å². The number of nitrogens with zero attached hydrogens (tertiary/aromatic N) is 2. The predicted octanol–water partition coefficient (Wildman–Crippen LogP) is 3.96. The fraction of sp³-hybridized carbons (Fsp3) is 0.278. The number of fused-ring (bicyclic) bond motifs is 1. The monoisotopic (exact) mass is 389 g/mol. The zero-order chi connectivity index (χ0) is 19.3. The molecule has 3 rings (SSSR count). The number of hydrogen-bond acceptors (Lipinski definition) is 8. The van der Waals surface area contributed by atoms with Gasteiger partial charge in [0.05, 0.1) is 13.2 Å². The molecule has 3 aromatic rings. The molecule has 0 aliphatic carbocycles. The number of benzene rings is 1. The van der Waals surface area contributed by atoms with E-state index in [1.165, 1.54) is 6.07 Å². The number of nitrogens with one attached hydrogen (secondary N) is 1. The highest BCUT2D eigenvalue weighted by Crippen LogP contribution is 2.60. The Labute approximate surface area is 156 Å². The van der Waals surface area contributed by atoms with Gasteiger partial charge < -0.3 is 18.8 Å². The van der Waals surface area contributed by atoms with Crippen molar-refractivity contribution in [3.05, 3.63) is 64.8 Å². The normalized spacial score (nSPS) is 12.8. The van der Waals surface area contributed by atoms with Crippen LogP contribution in [-0.4, -0.2) is 23.2 Å². The maximum absolute atomic E-state index is 13.5. The third-order valence-electron chi connectivity index (χ3n) is 3.73. The van der Waals surface area contributed by atoms with Crippen LogP contribution in [0.1, 0.15) is 25.2 Å². The van der Waals surface area contributed by atoms with Crippen LogP contribution in [0.4, 0.5) is 5.95 Å². The molecule has 1 aromatic carbocycles. The quantitative estimate of drug-likeness (QED) is 0.456. The molecule has 2 aromatic heterocycles. The molecule has 0 fully saturated rings. The van der Waals surface area contributed by atoms with Gasteiger partial charge in [-0.1, -0.05) is 6.07 Å². The topological polar surface area (TPSA) is 104 Å². The summed E-state index contributed by atoms with van der Waals surface area (Å²) in [6.07, 6.45) is 3.15. The van der Waals surface area contributed by atoms with E-state index in [2.05, 4.69) is 15.3 Å². The van der Waals surface area contributed by atoms with Gasteiger partial charge in [-0.2, -0.15) is 0 Å². The summed E-state index contributed by atoms with van der Waals surface area (Å²) in [4.78, 5) is 19.7. The Morgan fingerprint density at radius 3 is 2.48 bits per heavy atom. The second kappa shape index (κ2) is 8.43. The standard InChI is InChI=1S/C18H20N3O5P/c1-3-24-27(23,25-4-2)17(21-18-19-10-5-11-20-18)14-6-8-15-13(12-14)7-9-16(22)26-15/h5-12,17H,3-4H2,1-2H3,(H,19,20,21). The van der Waals surface area contributed by atoms with E-state index in [4.69, 9.17) is 13.5 Å². The van der Waals surface area contributed by atoms with E-state index in [0.29, 0.717) is 22.5 Å². The predicted molar refractivity (Wildman–Crippen MR) is 102 cm³/mol. The molecule has 27 heavy (non-hydrogen) atoms. The fourth-order valence-corrected chi connectivity index (χ4v) is 4.54. The lowest BCUT2D eigenvalue weighted by atomic mass is 10.1. The van der Waals surface area contributed by atoms with Crippen molar-refractivity contribution in [2.24, 2.45) is 0 Å². The second-order valence-corrected chi connectivity index (χ2v) is 7.66. The minimum absolute atomic E-state index is 0.216. The summed E-state index contributed by atoms with van der Waals surface area (Å²) >= 11 is 0. The van der Waals surface area contributed by atoms with Gasteiger partial charge in [0.25, 0.3) is 0 Å². The molecule has 0 aliphatic heterocycles. The summed E-state index contributed by atoms with van der Waals surface area (Å²) < 4.78 is 29.7. The highest BCUT2D eigenvalue weighted by molar-refractivity contribution is 7.54. The lowest BCUT2D eigenvalue weighted by Gasteiger charge is -2.27. The van der Waals surface area contributed by atoms with E-state index in [-0.39, 0.29) is 13.2 Å². The average molecular weight is 389 g/mol. The van der Waals surface area contributed by atoms with Gasteiger partial charge in [0.15, 0.2) is 5.78 Å². The molecule has 8 nitrogen and oxygen atoms in total. The first-order valence-corrected chi connectivity index (χ1v) is 10.1. The van der Waals surface area contributed by atoms with Crippen LogP contribution in [0.5, 0.6) is 0 Å². The van der Waals surface area contributed by atoms with Crippen LogP contribution in [0.3, 0.4) is 0 Å². The van der Waals surface area contributed by atoms with E-state index >= 15 is 0 Å². The summed E-state index contributed by atoms with van der Waals surface area (Å²) in [5.41, 5.74) is 0.634. The van der Waals surface area contributed by atoms with Gasteiger partial charge in [-0.3, -0.25) is 4.57 Å². The molecule has 0 amide bonds. The van der Waals surface area contributed by atoms with Gasteiger partial charge in [-0.15, -0.1) is 0 Å². The van der Waals surface area contributed by atoms with Gasteiger partial charge in [-0.05, 0) is 43.7 Å². The molecular formula is C18H20N3O5P. The summed E-state index contributed by atoms with van der Waals surface area (Å²) in [5.74, 6) is -0.544. The van der Waals surface area contributed by atoms with E-state index in [9.17, 15) is 9.36 Å². The van der Waals surface area contributed by atoms with Crippen LogP contribution in [0.2, 0.25) is 0 Å². The Balaban J connectivity index is 2.09. The summed E-state index contributed by atoms with van der Waals surface area (Å²) in [5, 5.41) is 3.74. The van der Waals surface area contributed by atoms with E-state index in [1.807, 2.05) is 0 Å². The first-order valence-electron chi connectivity index (χ1n) is 8.52. The number of aromatic nitrogens is 2. The number of hydrogen-bond donors (Lipinski definition) is 1. The van der Waals surface area contributed by atoms with Crippen LogP contribution in [-0.2, 0) is 13.6 Å². The van der Waals surface area contributed by atoms with Crippen LogP contribution in [0.15, 0.2) is 58.0 Å². The third kappa shape index (κ3) is 4.42. The van der Waals surface area contributed by atoms with E-state index in [0.717, 1.165) is 0 Å². The molecule has 2 heterocycles. The van der Waals surface area contributed by atoms with Crippen LogP contribution in [0, 0.1) is 0 Å². The molecule has 0 saturated heterocycles. The summed E-state index contributed by atoms with van der Waals surface area (Å²) in [7, 11) is -3.59. The zero-order valence-corrected chi connectivity index (χ0v) is 15.9. The first kappa shape index (κ1) is 19.2. The maximum atomic E-state index is 13.5. The molecule has 0 radical (unpaired) electrons. The average Bonchev–Trinajstić information content (AvgIpc) is 2.67. The van der Waals surface area contributed by atoms with Crippen LogP contribution < -0.4 is 10.9 Å². The van der Waals surface area contributed by atoms with Crippen molar-refractivity contribution in [2.45, 2.75) is 19.6 Å². The number of anilines is 1. The third-order valence-corrected chi connectivity index (χ3v) is 6.02. The smallest absolute Gasteiger partial charge is 0.357 e. The molecule has 1 atom stereocenters. The summed E-state index contributed by atoms with van der Waals surface area (Å²) in [6, 6.07) is 9.78. The highest BCUT2D eigenvalue weighted by Gasteiger charge is 2.37. The Kier molecular flexibility index (Phi) is 6.01. The fourth-order valence-electron chi connectivity index (χ4n) is 2.65. The lowest BCUT2D eigenvalue weighted by Crippen LogP contribution is -2.16. The van der Waals surface area contributed by atoms with Gasteiger partial charge in [0, 0.05) is 23.8 Å². The minimum atomic E-state index is -3.59. The van der Waals surface area contributed by atoms with Gasteiger partial charge in [-0.25, -0.2) is 14.8 Å². The molecule has 0 aliphatic rings. The molecule has 0 spiro atoms. The minimum Gasteiger partial charge on any atom is -0.423 e. The van der Waals surface area contributed by atoms with Crippen molar-refractivity contribution in [1.29, 1.82) is 0 Å². The van der Waals surface area contributed by atoms with Crippen molar-refractivity contribution >= 4 is 24.5 Å². The highest BCUT2D eigenvalue weighted by atomic mass is 31.2. The van der Waals surface area contributed by atoms with Gasteiger partial charge in [0.1, 0.15) is 5.58 Å². The van der Waals surface area contributed by atoms with E-state index in [1.54, 1.807) is 56.6 Å². The molecule has 1 N–H and O–H groups in total. The van der Waals surface area contributed by atoms with Crippen LogP contribution in [0.25, 0.3) is 11.0 Å². The van der Waals surface area contributed by atoms with E-state index < -0.39 is 19.0 Å². The molecule has 0 saturated carbocycles. The first-order chi connectivity index (χ1) is 13.1. The van der Waals surface area contributed by atoms with Gasteiger partial charge in [0.2, 0.25) is 5.95 Å². The Bertz CT molecular complexity index is 999. The second-order valence-electron chi connectivity index (χ2n) is 5.55. The van der Waals surface area contributed by atoms with Crippen molar-refractivity contribution in [1.82, 2.24) is 9.97 Å². The Hall–Kier alpha value is -2.54. The van der Waals surface area contributed by atoms with Crippen molar-refractivity contribution < 1.29 is 18.0 Å². The Morgan fingerprint density at radius 1 is 1.11 bits per heavy atom. The Morgan fingerprint density at radius 2 is 1.81 bits per heavy atom. The number of rotatable bonds is 8. The van der Waals surface area contributed by atoms with Gasteiger partial charge >= 0.3 is 13.2 Å². The molecule has 142 valence electrons. The lowest BCUT2D eigenvalue weighted by molar-refractivity contribution is 0.214. The summed E-state index contributed by atoms with van der Waals surface area (Å²) in [6.45, 7) is 3.93. The largest absolute Gasteiger partial charge is 0.423 e. The SMILES string of the molecule is CCOP(=O)(OCC)C(Nc1ncccn1)c1ccc2oc(=O)ccc2c1.